The Labute approximate surface area is 135 Å². The second-order valence-corrected chi connectivity index (χ2v) is 6.31. The molecule has 3 aromatic rings. The monoisotopic (exact) mass is 336 g/mol. The average molecular weight is 337 g/mol. The van der Waals surface area contributed by atoms with Gasteiger partial charge in [-0.05, 0) is 30.3 Å². The van der Waals surface area contributed by atoms with Gasteiger partial charge in [0.25, 0.3) is 5.91 Å². The minimum absolute atomic E-state index is 0.306. The van der Waals surface area contributed by atoms with Crippen LogP contribution < -0.4 is 4.80 Å². The van der Waals surface area contributed by atoms with Gasteiger partial charge in [-0.1, -0.05) is 46.7 Å². The summed E-state index contributed by atoms with van der Waals surface area (Å²) in [6.07, 6.45) is 0. The Morgan fingerprint density at radius 2 is 1.95 bits per heavy atom. The van der Waals surface area contributed by atoms with Crippen LogP contribution in [0, 0.1) is 0 Å². The summed E-state index contributed by atoms with van der Waals surface area (Å²) < 4.78 is 2.97. The minimum Gasteiger partial charge on any atom is -0.319 e. The molecule has 0 saturated heterocycles. The molecule has 0 saturated carbocycles. The van der Waals surface area contributed by atoms with E-state index in [1.807, 2.05) is 35.9 Å². The average Bonchev–Trinajstić information content (AvgIpc) is 2.76. The number of benzene rings is 2. The molecule has 1 heterocycles. The Balaban J connectivity index is 2.11. The second kappa shape index (κ2) is 5.64. The third-order valence-corrected chi connectivity index (χ3v) is 4.73. The topological polar surface area (TPSA) is 34.4 Å². The van der Waals surface area contributed by atoms with Crippen LogP contribution in [0.3, 0.4) is 0 Å². The molecule has 0 aliphatic heterocycles. The maximum atomic E-state index is 12.3. The Bertz CT molecular complexity index is 911. The zero-order chi connectivity index (χ0) is 15.0. The predicted octanol–water partition coefficient (Wildman–Crippen LogP) is 4.29. The Kier molecular flexibility index (Phi) is 3.85. The van der Waals surface area contributed by atoms with Gasteiger partial charge in [0, 0.05) is 12.1 Å². The van der Waals surface area contributed by atoms with Crippen molar-refractivity contribution >= 4 is 50.7 Å². The molecule has 0 atom stereocenters. The van der Waals surface area contributed by atoms with E-state index in [1.165, 1.54) is 17.4 Å². The van der Waals surface area contributed by atoms with Crippen molar-refractivity contribution in [2.45, 2.75) is 0 Å². The van der Waals surface area contributed by atoms with Crippen LogP contribution in [0.2, 0.25) is 10.0 Å². The smallest absolute Gasteiger partial charge is 0.281 e. The van der Waals surface area contributed by atoms with Crippen LogP contribution in [0.25, 0.3) is 10.2 Å². The van der Waals surface area contributed by atoms with Gasteiger partial charge in [-0.15, -0.1) is 0 Å². The highest BCUT2D eigenvalue weighted by Crippen LogP contribution is 2.22. The van der Waals surface area contributed by atoms with Crippen molar-refractivity contribution in [2.75, 3.05) is 0 Å². The number of carbonyl (C=O) groups is 1. The van der Waals surface area contributed by atoms with E-state index in [2.05, 4.69) is 4.99 Å². The molecule has 0 unspecified atom stereocenters. The van der Waals surface area contributed by atoms with Crippen molar-refractivity contribution in [3.63, 3.8) is 0 Å². The number of aromatic nitrogens is 1. The maximum Gasteiger partial charge on any atom is 0.281 e. The molecular formula is C15H10Cl2N2OS. The molecule has 0 aliphatic rings. The van der Waals surface area contributed by atoms with Crippen LogP contribution in [-0.4, -0.2) is 10.5 Å². The summed E-state index contributed by atoms with van der Waals surface area (Å²) in [7, 11) is 1.88. The first-order valence-electron chi connectivity index (χ1n) is 6.15. The molecule has 3 rings (SSSR count). The Hall–Kier alpha value is -1.62. The summed E-state index contributed by atoms with van der Waals surface area (Å²) in [6.45, 7) is 0. The van der Waals surface area contributed by atoms with Crippen LogP contribution in [0.5, 0.6) is 0 Å². The quantitative estimate of drug-likeness (QED) is 0.652. The number of para-hydroxylation sites is 1. The number of amides is 1. The van der Waals surface area contributed by atoms with Gasteiger partial charge < -0.3 is 4.57 Å². The molecule has 0 fully saturated rings. The minimum atomic E-state index is -0.376. The maximum absolute atomic E-state index is 12.3. The zero-order valence-corrected chi connectivity index (χ0v) is 13.3. The molecule has 1 amide bonds. The van der Waals surface area contributed by atoms with Gasteiger partial charge in [-0.3, -0.25) is 4.79 Å². The Morgan fingerprint density at radius 1 is 1.19 bits per heavy atom. The molecule has 0 aliphatic carbocycles. The van der Waals surface area contributed by atoms with E-state index in [-0.39, 0.29) is 5.91 Å². The fraction of sp³-hybridized carbons (Fsp3) is 0.0667. The number of aryl methyl sites for hydroxylation is 1. The predicted molar refractivity (Wildman–Crippen MR) is 87.2 cm³/mol. The highest BCUT2D eigenvalue weighted by atomic mass is 35.5. The number of fused-ring (bicyclic) bond motifs is 1. The van der Waals surface area contributed by atoms with Crippen molar-refractivity contribution in [3.8, 4) is 0 Å². The molecule has 0 bridgehead atoms. The molecule has 6 heteroatoms. The summed E-state index contributed by atoms with van der Waals surface area (Å²) in [5.74, 6) is -0.376. The normalized spacial score (nSPS) is 12.0. The zero-order valence-electron chi connectivity index (χ0n) is 11.0. The number of thiazole rings is 1. The molecule has 106 valence electrons. The first-order valence-corrected chi connectivity index (χ1v) is 7.72. The summed E-state index contributed by atoms with van der Waals surface area (Å²) >= 11 is 13.3. The molecule has 0 radical (unpaired) electrons. The van der Waals surface area contributed by atoms with Gasteiger partial charge in [0.05, 0.1) is 20.8 Å². The third-order valence-electron chi connectivity index (χ3n) is 3.07. The summed E-state index contributed by atoms with van der Waals surface area (Å²) in [6, 6.07) is 12.7. The highest BCUT2D eigenvalue weighted by molar-refractivity contribution is 7.16. The summed E-state index contributed by atoms with van der Waals surface area (Å²) in [5.41, 5.74) is 1.38. The first-order chi connectivity index (χ1) is 10.1. The highest BCUT2D eigenvalue weighted by Gasteiger charge is 2.11. The summed E-state index contributed by atoms with van der Waals surface area (Å²) in [4.78, 5) is 17.1. The largest absolute Gasteiger partial charge is 0.319 e. The lowest BCUT2D eigenvalue weighted by Gasteiger charge is -1.99. The van der Waals surface area contributed by atoms with Gasteiger partial charge in [0.15, 0.2) is 4.80 Å². The van der Waals surface area contributed by atoms with Crippen LogP contribution in [0.1, 0.15) is 10.4 Å². The van der Waals surface area contributed by atoms with Gasteiger partial charge in [0.1, 0.15) is 0 Å². The number of halogens is 2. The molecule has 0 N–H and O–H groups in total. The van der Waals surface area contributed by atoms with Crippen LogP contribution >= 0.6 is 34.5 Å². The van der Waals surface area contributed by atoms with Crippen molar-refractivity contribution in [3.05, 3.63) is 62.9 Å². The van der Waals surface area contributed by atoms with Crippen molar-refractivity contribution in [1.82, 2.24) is 4.57 Å². The third kappa shape index (κ3) is 2.75. The Morgan fingerprint density at radius 3 is 2.67 bits per heavy atom. The van der Waals surface area contributed by atoms with Crippen molar-refractivity contribution in [2.24, 2.45) is 12.0 Å². The van der Waals surface area contributed by atoms with Gasteiger partial charge >= 0.3 is 0 Å². The molecule has 21 heavy (non-hydrogen) atoms. The van der Waals surface area contributed by atoms with Gasteiger partial charge in [-0.25, -0.2) is 0 Å². The van der Waals surface area contributed by atoms with E-state index in [1.54, 1.807) is 12.1 Å². The van der Waals surface area contributed by atoms with E-state index in [4.69, 9.17) is 23.2 Å². The molecule has 1 aromatic heterocycles. The fourth-order valence-electron chi connectivity index (χ4n) is 2.00. The SMILES string of the molecule is Cn1c(=NC(=O)c2ccc(Cl)cc2Cl)sc2ccccc21. The van der Waals surface area contributed by atoms with Crippen LogP contribution in [0.4, 0.5) is 0 Å². The lowest BCUT2D eigenvalue weighted by molar-refractivity contribution is 0.0998. The van der Waals surface area contributed by atoms with Crippen LogP contribution in [0.15, 0.2) is 47.5 Å². The number of hydrogen-bond acceptors (Lipinski definition) is 2. The standard InChI is InChI=1S/C15H10Cl2N2OS/c1-19-12-4-2-3-5-13(12)21-15(19)18-14(20)10-7-6-9(16)8-11(10)17/h2-8H,1H3. The summed E-state index contributed by atoms with van der Waals surface area (Å²) in [5, 5.41) is 0.795. The van der Waals surface area contributed by atoms with E-state index >= 15 is 0 Å². The lowest BCUT2D eigenvalue weighted by atomic mass is 10.2. The fourth-order valence-corrected chi connectivity index (χ4v) is 3.50. The molecule has 2 aromatic carbocycles. The van der Waals surface area contributed by atoms with E-state index in [0.29, 0.717) is 20.4 Å². The molecule has 3 nitrogen and oxygen atoms in total. The second-order valence-electron chi connectivity index (χ2n) is 4.45. The van der Waals surface area contributed by atoms with Gasteiger partial charge in [-0.2, -0.15) is 4.99 Å². The van der Waals surface area contributed by atoms with E-state index in [0.717, 1.165) is 10.2 Å². The van der Waals surface area contributed by atoms with Crippen molar-refractivity contribution < 1.29 is 4.79 Å². The number of rotatable bonds is 1. The van der Waals surface area contributed by atoms with Crippen LogP contribution in [-0.2, 0) is 7.05 Å². The van der Waals surface area contributed by atoms with E-state index in [9.17, 15) is 4.79 Å². The number of hydrogen-bond donors (Lipinski definition) is 0. The lowest BCUT2D eigenvalue weighted by Crippen LogP contribution is -2.13. The first kappa shape index (κ1) is 14.3. The van der Waals surface area contributed by atoms with E-state index < -0.39 is 0 Å². The number of carbonyl (C=O) groups excluding carboxylic acids is 1. The number of nitrogens with zero attached hydrogens (tertiary/aromatic N) is 2. The van der Waals surface area contributed by atoms with Crippen molar-refractivity contribution in [1.29, 1.82) is 0 Å². The molecular weight excluding hydrogens is 327 g/mol. The van der Waals surface area contributed by atoms with Gasteiger partial charge in [0.2, 0.25) is 0 Å². The molecule has 0 spiro atoms.